The molecule has 1 aliphatic rings. The predicted octanol–water partition coefficient (Wildman–Crippen LogP) is 21.6. The minimum atomic E-state index is 1.22. The van der Waals surface area contributed by atoms with Crippen LogP contribution in [0.1, 0.15) is 0 Å². The van der Waals surface area contributed by atoms with Gasteiger partial charge in [-0.1, -0.05) is 231 Å². The van der Waals surface area contributed by atoms with Crippen LogP contribution in [0.4, 0.5) is 0 Å². The highest BCUT2D eigenvalue weighted by atomic mass is 14.3. The van der Waals surface area contributed by atoms with Gasteiger partial charge < -0.3 is 0 Å². The quantitative estimate of drug-likeness (QED) is 0.122. The van der Waals surface area contributed by atoms with Crippen molar-refractivity contribution in [3.05, 3.63) is 243 Å². The molecule has 0 heteroatoms. The van der Waals surface area contributed by atoms with Crippen molar-refractivity contribution in [3.8, 4) is 66.8 Å². The number of hydrogen-bond acceptors (Lipinski definition) is 0. The Morgan fingerprint density at radius 1 is 0.145 bits per heavy atom. The van der Waals surface area contributed by atoms with Crippen LogP contribution in [0.25, 0.3) is 196 Å². The van der Waals surface area contributed by atoms with E-state index < -0.39 is 0 Å². The van der Waals surface area contributed by atoms with E-state index in [0.29, 0.717) is 0 Å². The molecule has 18 aromatic rings. The molecule has 0 saturated carbocycles. The Morgan fingerprint density at radius 3 is 1.17 bits per heavy atom. The van der Waals surface area contributed by atoms with Gasteiger partial charge in [-0.15, -0.1) is 0 Å². The minimum absolute atomic E-state index is 1.22. The molecule has 0 bridgehead atoms. The molecule has 0 unspecified atom stereocenters. The summed E-state index contributed by atoms with van der Waals surface area (Å²) in [5, 5.41) is 32.1. The van der Waals surface area contributed by atoms with E-state index in [9.17, 15) is 0 Å². The first kappa shape index (κ1) is 39.6. The lowest BCUT2D eigenvalue weighted by Crippen LogP contribution is -1.89. The van der Waals surface area contributed by atoms with Gasteiger partial charge in [-0.3, -0.25) is 0 Å². The summed E-state index contributed by atoms with van der Waals surface area (Å²) in [6.07, 6.45) is 0. The van der Waals surface area contributed by atoms with Gasteiger partial charge in [-0.2, -0.15) is 0 Å². The summed E-state index contributed by atoms with van der Waals surface area (Å²) in [5.74, 6) is 0. The van der Waals surface area contributed by atoms with E-state index in [-0.39, 0.29) is 0 Å². The van der Waals surface area contributed by atoms with E-state index >= 15 is 0 Å². The molecule has 1 aliphatic carbocycles. The second-order valence-corrected chi connectivity index (χ2v) is 21.6. The molecule has 0 fully saturated rings. The van der Waals surface area contributed by atoms with Gasteiger partial charge in [-0.05, 0) is 208 Å². The molecule has 344 valence electrons. The molecular formula is C76H40. The van der Waals surface area contributed by atoms with Crippen LogP contribution in [-0.2, 0) is 0 Å². The van der Waals surface area contributed by atoms with E-state index in [1.807, 2.05) is 0 Å². The average Bonchev–Trinajstić information content (AvgIpc) is 4.36. The zero-order valence-corrected chi connectivity index (χ0v) is 41.1. The van der Waals surface area contributed by atoms with E-state index in [2.05, 4.69) is 243 Å². The van der Waals surface area contributed by atoms with Crippen LogP contribution in [0.15, 0.2) is 243 Å². The normalized spacial score (nSPS) is 12.7. The van der Waals surface area contributed by atoms with Gasteiger partial charge in [0.25, 0.3) is 0 Å². The van der Waals surface area contributed by atoms with Crippen LogP contribution in [0, 0.1) is 0 Å². The zero-order chi connectivity index (χ0) is 49.1. The largest absolute Gasteiger partial charge is 0.0622 e. The number of fused-ring (bicyclic) bond motifs is 16. The second-order valence-electron chi connectivity index (χ2n) is 21.6. The molecule has 0 spiro atoms. The maximum Gasteiger partial charge on any atom is -0.000673 e. The highest BCUT2D eigenvalue weighted by Gasteiger charge is 2.31. The smallest absolute Gasteiger partial charge is 0.000673 e. The van der Waals surface area contributed by atoms with Gasteiger partial charge in [0.2, 0.25) is 0 Å². The summed E-state index contributed by atoms with van der Waals surface area (Å²) in [6.45, 7) is 0. The van der Waals surface area contributed by atoms with Crippen molar-refractivity contribution in [1.82, 2.24) is 0 Å². The van der Waals surface area contributed by atoms with Crippen LogP contribution >= 0.6 is 0 Å². The molecule has 18 aromatic carbocycles. The fourth-order valence-corrected chi connectivity index (χ4v) is 15.3. The average molecular weight is 953 g/mol. The molecule has 0 aromatic heterocycles. The summed E-state index contributed by atoms with van der Waals surface area (Å²) >= 11 is 0. The molecule has 0 saturated heterocycles. The summed E-state index contributed by atoms with van der Waals surface area (Å²) in [6, 6.07) is 92.6. The van der Waals surface area contributed by atoms with Gasteiger partial charge in [0.1, 0.15) is 0 Å². The maximum absolute atomic E-state index is 2.61. The highest BCUT2D eigenvalue weighted by molar-refractivity contribution is 6.55. The Morgan fingerprint density at radius 2 is 0.526 bits per heavy atom. The number of rotatable bonds is 4. The summed E-state index contributed by atoms with van der Waals surface area (Å²) in [7, 11) is 0. The monoisotopic (exact) mass is 952 g/mol. The fourth-order valence-electron chi connectivity index (χ4n) is 15.3. The fraction of sp³-hybridized carbons (Fsp3) is 0. The van der Waals surface area contributed by atoms with Crippen LogP contribution in [0.3, 0.4) is 0 Å². The molecule has 0 aliphatic heterocycles. The molecular weight excluding hydrogens is 913 g/mol. The molecule has 19 rings (SSSR count). The Bertz CT molecular complexity index is 5460. The molecule has 0 N–H and O–H groups in total. The zero-order valence-electron chi connectivity index (χ0n) is 41.1. The highest BCUT2D eigenvalue weighted by Crippen LogP contribution is 2.60. The lowest BCUT2D eigenvalue weighted by Gasteiger charge is -2.17. The number of hydrogen-bond donors (Lipinski definition) is 0. The molecule has 0 amide bonds. The first-order valence-corrected chi connectivity index (χ1v) is 26.7. The van der Waals surface area contributed by atoms with Crippen molar-refractivity contribution in [3.63, 3.8) is 0 Å². The van der Waals surface area contributed by atoms with Gasteiger partial charge >= 0.3 is 0 Å². The van der Waals surface area contributed by atoms with Crippen LogP contribution in [0.2, 0.25) is 0 Å². The molecule has 0 atom stereocenters. The first-order chi connectivity index (χ1) is 37.8. The van der Waals surface area contributed by atoms with Crippen LogP contribution < -0.4 is 0 Å². The third-order valence-corrected chi connectivity index (χ3v) is 18.2. The second kappa shape index (κ2) is 14.0. The van der Waals surface area contributed by atoms with Crippen molar-refractivity contribution < 1.29 is 0 Å². The van der Waals surface area contributed by atoms with E-state index in [0.717, 1.165) is 0 Å². The van der Waals surface area contributed by atoms with Crippen molar-refractivity contribution >= 4 is 129 Å². The van der Waals surface area contributed by atoms with E-state index in [1.54, 1.807) is 0 Å². The minimum Gasteiger partial charge on any atom is -0.0622 e. The summed E-state index contributed by atoms with van der Waals surface area (Å²) in [4.78, 5) is 0. The molecule has 0 radical (unpaired) electrons. The lowest BCUT2D eigenvalue weighted by molar-refractivity contribution is 1.60. The van der Waals surface area contributed by atoms with Crippen molar-refractivity contribution in [2.24, 2.45) is 0 Å². The van der Waals surface area contributed by atoms with Crippen molar-refractivity contribution in [2.45, 2.75) is 0 Å². The van der Waals surface area contributed by atoms with Gasteiger partial charge in [0, 0.05) is 0 Å². The third kappa shape index (κ3) is 4.74. The Hall–Kier alpha value is -9.88. The van der Waals surface area contributed by atoms with Crippen LogP contribution in [-0.4, -0.2) is 0 Å². The summed E-state index contributed by atoms with van der Waals surface area (Å²) < 4.78 is 0. The predicted molar refractivity (Wildman–Crippen MR) is 327 cm³/mol. The molecule has 0 heterocycles. The summed E-state index contributed by atoms with van der Waals surface area (Å²) in [5.41, 5.74) is 15.3. The topological polar surface area (TPSA) is 0 Å². The SMILES string of the molecule is c1ccc(-c2ccccc2-c2ccc3c(c2)c2c4c5ccc6c7ccc8c9c(ccc(c%10ccc(c4c(-c4ccccc4-c4ccccc4)c4cc%11c%12cccc%13cccc(c%13%12)c%11c3c42)c5c%106)c97)-c2ccccc2-8)cc1. The van der Waals surface area contributed by atoms with Crippen LogP contribution in [0.5, 0.6) is 0 Å². The Labute approximate surface area is 436 Å². The molecule has 76 heavy (non-hydrogen) atoms. The van der Waals surface area contributed by atoms with Gasteiger partial charge in [-0.25, -0.2) is 0 Å². The lowest BCUT2D eigenvalue weighted by atomic mass is 9.85. The standard InChI is InChI=1S/C76H40/c1-3-15-41(16-4-1)45-21-7-8-23-47(45)44-29-30-58-62(39-44)75-74-61-38-36-57-55-34-32-53-49-25-11-10-24-48(49)52-31-33-54(67(55)66(52)53)56-35-37-60(70(61)68(56)57)73(74)69(50-26-12-9-22-46(50)42-17-5-2-6-18-42)64-40-63-51-27-13-19-43-20-14-28-59(65(43)51)71(63)72(58)76(64)75/h1-40H. The van der Waals surface area contributed by atoms with Crippen molar-refractivity contribution in [2.75, 3.05) is 0 Å². The van der Waals surface area contributed by atoms with E-state index in [1.165, 1.54) is 196 Å². The Kier molecular flexibility index (Phi) is 7.32. The van der Waals surface area contributed by atoms with E-state index in [4.69, 9.17) is 0 Å². The first-order valence-electron chi connectivity index (χ1n) is 26.7. The van der Waals surface area contributed by atoms with Crippen molar-refractivity contribution in [1.29, 1.82) is 0 Å². The van der Waals surface area contributed by atoms with Gasteiger partial charge in [0.15, 0.2) is 0 Å². The van der Waals surface area contributed by atoms with Gasteiger partial charge in [0.05, 0.1) is 0 Å². The third-order valence-electron chi connectivity index (χ3n) is 18.2. The number of benzene rings is 15. The maximum atomic E-state index is 2.61. The Balaban J connectivity index is 1.06. The molecule has 0 nitrogen and oxygen atoms in total.